The van der Waals surface area contributed by atoms with Gasteiger partial charge in [-0.15, -0.1) is 0 Å². The first-order valence-electron chi connectivity index (χ1n) is 14.9. The van der Waals surface area contributed by atoms with Crippen LogP contribution in [0.25, 0.3) is 0 Å². The van der Waals surface area contributed by atoms with Gasteiger partial charge in [0.2, 0.25) is 0 Å². The van der Waals surface area contributed by atoms with Crippen LogP contribution in [0, 0.1) is 0 Å². The topological polar surface area (TPSA) is 59.0 Å². The Kier molecular flexibility index (Phi) is 8.52. The van der Waals surface area contributed by atoms with Crippen molar-refractivity contribution in [1.82, 2.24) is 4.90 Å². The Labute approximate surface area is 263 Å². The first-order valence-corrected chi connectivity index (χ1v) is 17.9. The SMILES string of the molecule is CC(C)(C)[Si](C)(C)c1cc2c(cc1CN(CCc1ccc(O)cc1)C(=O)C(F)(F)F)OC(c1ccccc1)(c1ccccc1)O2. The van der Waals surface area contributed by atoms with E-state index in [9.17, 15) is 23.1 Å². The Morgan fingerprint density at radius 2 is 1.33 bits per heavy atom. The van der Waals surface area contributed by atoms with Crippen LogP contribution in [0.1, 0.15) is 43.0 Å². The average molecular weight is 634 g/mol. The van der Waals surface area contributed by atoms with Crippen LogP contribution >= 0.6 is 0 Å². The summed E-state index contributed by atoms with van der Waals surface area (Å²) < 4.78 is 55.2. The molecule has 4 aromatic carbocycles. The highest BCUT2D eigenvalue weighted by atomic mass is 28.3. The molecule has 0 aromatic heterocycles. The quantitative estimate of drug-likeness (QED) is 0.200. The summed E-state index contributed by atoms with van der Waals surface area (Å²) >= 11 is 0. The Balaban J connectivity index is 1.61. The number of phenols is 1. The number of hydrogen-bond donors (Lipinski definition) is 1. The zero-order chi connectivity index (χ0) is 32.6. The van der Waals surface area contributed by atoms with Crippen LogP contribution in [-0.4, -0.2) is 36.7 Å². The minimum Gasteiger partial charge on any atom is -0.508 e. The summed E-state index contributed by atoms with van der Waals surface area (Å²) in [6.45, 7) is 10.4. The van der Waals surface area contributed by atoms with E-state index in [2.05, 4.69) is 33.9 Å². The number of benzene rings is 4. The largest absolute Gasteiger partial charge is 0.508 e. The zero-order valence-corrected chi connectivity index (χ0v) is 27.1. The zero-order valence-electron chi connectivity index (χ0n) is 26.1. The number of nitrogens with zero attached hydrogens (tertiary/aromatic N) is 1. The highest BCUT2D eigenvalue weighted by Crippen LogP contribution is 2.49. The van der Waals surface area contributed by atoms with Gasteiger partial charge in [0, 0.05) is 24.2 Å². The number of fused-ring (bicyclic) bond motifs is 1. The molecule has 1 aliphatic heterocycles. The van der Waals surface area contributed by atoms with Gasteiger partial charge in [-0.25, -0.2) is 0 Å². The minimum absolute atomic E-state index is 0.0587. The molecule has 0 fully saturated rings. The van der Waals surface area contributed by atoms with Crippen LogP contribution in [0.4, 0.5) is 13.2 Å². The van der Waals surface area contributed by atoms with Crippen molar-refractivity contribution in [2.45, 2.75) is 63.8 Å². The summed E-state index contributed by atoms with van der Waals surface area (Å²) in [5.41, 5.74) is 2.85. The van der Waals surface area contributed by atoms with Gasteiger partial charge in [0.05, 0.1) is 8.07 Å². The van der Waals surface area contributed by atoms with Crippen molar-refractivity contribution in [2.24, 2.45) is 0 Å². The van der Waals surface area contributed by atoms with E-state index in [1.807, 2.05) is 66.7 Å². The molecule has 45 heavy (non-hydrogen) atoms. The summed E-state index contributed by atoms with van der Waals surface area (Å²) in [5.74, 6) is -2.23. The molecule has 1 aliphatic rings. The molecule has 0 saturated carbocycles. The molecule has 0 saturated heterocycles. The fourth-order valence-corrected chi connectivity index (χ4v) is 7.74. The molecule has 9 heteroatoms. The third kappa shape index (κ3) is 6.45. The maximum Gasteiger partial charge on any atom is 0.471 e. The van der Waals surface area contributed by atoms with Gasteiger partial charge in [0.1, 0.15) is 5.75 Å². The van der Waals surface area contributed by atoms with Crippen LogP contribution in [0.2, 0.25) is 18.1 Å². The summed E-state index contributed by atoms with van der Waals surface area (Å²) in [5, 5.41) is 10.4. The Bertz CT molecular complexity index is 1610. The second kappa shape index (κ2) is 11.9. The van der Waals surface area contributed by atoms with Crippen molar-refractivity contribution in [3.63, 3.8) is 0 Å². The molecule has 0 spiro atoms. The molecule has 1 N–H and O–H groups in total. The molecule has 0 bridgehead atoms. The molecule has 5 nitrogen and oxygen atoms in total. The van der Waals surface area contributed by atoms with Gasteiger partial charge in [-0.1, -0.05) is 112 Å². The summed E-state index contributed by atoms with van der Waals surface area (Å²) in [6.07, 6.45) is -4.86. The van der Waals surface area contributed by atoms with Crippen molar-refractivity contribution in [1.29, 1.82) is 0 Å². The number of carbonyl (C=O) groups is 1. The number of rotatable bonds is 8. The average Bonchev–Trinajstić information content (AvgIpc) is 3.39. The lowest BCUT2D eigenvalue weighted by atomic mass is 9.97. The number of alkyl halides is 3. The van der Waals surface area contributed by atoms with Crippen LogP contribution < -0.4 is 14.7 Å². The van der Waals surface area contributed by atoms with Crippen LogP contribution in [-0.2, 0) is 23.5 Å². The van der Waals surface area contributed by atoms with Crippen molar-refractivity contribution >= 4 is 19.2 Å². The fourth-order valence-electron chi connectivity index (χ4n) is 5.49. The number of phenolic OH excluding ortho intramolecular Hbond substituents is 1. The van der Waals surface area contributed by atoms with E-state index in [1.165, 1.54) is 12.1 Å². The summed E-state index contributed by atoms with van der Waals surface area (Å²) in [6, 6.07) is 29.0. The maximum absolute atomic E-state index is 13.9. The molecule has 0 radical (unpaired) electrons. The molecule has 0 unspecified atom stereocenters. The molecule has 4 aromatic rings. The number of carbonyl (C=O) groups excluding carboxylic acids is 1. The molecular formula is C36H38F3NO4Si. The van der Waals surface area contributed by atoms with Crippen molar-refractivity contribution in [2.75, 3.05) is 6.54 Å². The molecule has 1 heterocycles. The first kappa shape index (κ1) is 32.2. The van der Waals surface area contributed by atoms with E-state index in [4.69, 9.17) is 9.47 Å². The Morgan fingerprint density at radius 3 is 1.82 bits per heavy atom. The van der Waals surface area contributed by atoms with Crippen LogP contribution in [0.3, 0.4) is 0 Å². The predicted octanol–water partition coefficient (Wildman–Crippen LogP) is 7.91. The van der Waals surface area contributed by atoms with Gasteiger partial charge >= 0.3 is 17.9 Å². The Morgan fingerprint density at radius 1 is 0.822 bits per heavy atom. The lowest BCUT2D eigenvalue weighted by Crippen LogP contribution is -2.52. The van der Waals surface area contributed by atoms with Gasteiger partial charge in [0.15, 0.2) is 11.5 Å². The smallest absolute Gasteiger partial charge is 0.471 e. The van der Waals surface area contributed by atoms with Gasteiger partial charge in [-0.2, -0.15) is 13.2 Å². The monoisotopic (exact) mass is 633 g/mol. The van der Waals surface area contributed by atoms with Gasteiger partial charge < -0.3 is 19.5 Å². The minimum atomic E-state index is -5.04. The third-order valence-electron chi connectivity index (χ3n) is 9.03. The fraction of sp³-hybridized carbons (Fsp3) is 0.306. The van der Waals surface area contributed by atoms with Gasteiger partial charge in [0.25, 0.3) is 0 Å². The highest BCUT2D eigenvalue weighted by Gasteiger charge is 2.48. The van der Waals surface area contributed by atoms with Gasteiger partial charge in [-0.3, -0.25) is 4.79 Å². The van der Waals surface area contributed by atoms with E-state index in [-0.39, 0.29) is 30.3 Å². The maximum atomic E-state index is 13.9. The summed E-state index contributed by atoms with van der Waals surface area (Å²) in [7, 11) is -2.40. The van der Waals surface area contributed by atoms with E-state index < -0.39 is 25.9 Å². The molecule has 0 aliphatic carbocycles. The van der Waals surface area contributed by atoms with Crippen molar-refractivity contribution in [3.8, 4) is 17.2 Å². The van der Waals surface area contributed by atoms with E-state index >= 15 is 0 Å². The highest BCUT2D eigenvalue weighted by molar-refractivity contribution is 6.92. The molecule has 5 rings (SSSR count). The second-order valence-electron chi connectivity index (χ2n) is 13.0. The molecule has 0 atom stereocenters. The number of amides is 1. The van der Waals surface area contributed by atoms with Crippen LogP contribution in [0.15, 0.2) is 97.1 Å². The predicted molar refractivity (Wildman–Crippen MR) is 171 cm³/mol. The first-order chi connectivity index (χ1) is 21.1. The number of ether oxygens (including phenoxy) is 2. The molecule has 1 amide bonds. The molecule has 236 valence electrons. The van der Waals surface area contributed by atoms with E-state index in [0.29, 0.717) is 22.6 Å². The molecular weight excluding hydrogens is 595 g/mol. The summed E-state index contributed by atoms with van der Waals surface area (Å²) in [4.78, 5) is 13.7. The number of halogens is 3. The van der Waals surface area contributed by atoms with Crippen molar-refractivity contribution < 1.29 is 32.5 Å². The Hall–Kier alpha value is -4.24. The second-order valence-corrected chi connectivity index (χ2v) is 18.3. The number of aromatic hydroxyl groups is 1. The van der Waals surface area contributed by atoms with E-state index in [0.717, 1.165) is 21.2 Å². The lowest BCUT2D eigenvalue weighted by Gasteiger charge is -2.39. The van der Waals surface area contributed by atoms with Crippen LogP contribution in [0.5, 0.6) is 17.2 Å². The lowest BCUT2D eigenvalue weighted by molar-refractivity contribution is -0.186. The standard InChI is InChI=1S/C36H38F3NO4Si/c1-34(2,3)45(4,5)32-23-31-30(43-35(44-31,27-12-8-6-9-13-27)28-14-10-7-11-15-28)22-26(32)24-40(33(42)36(37,38)39)21-20-25-16-18-29(41)19-17-25/h6-19,22-23,41H,20-21,24H2,1-5H3. The normalized spacial score (nSPS) is 14.3. The number of hydrogen-bond acceptors (Lipinski definition) is 4. The van der Waals surface area contributed by atoms with Crippen molar-refractivity contribution in [3.05, 3.63) is 119 Å². The van der Waals surface area contributed by atoms with E-state index in [1.54, 1.807) is 18.2 Å². The third-order valence-corrected chi connectivity index (χ3v) is 14.6. The van der Waals surface area contributed by atoms with Gasteiger partial charge in [-0.05, 0) is 46.9 Å².